The number of anilines is 1. The number of nitrogens with two attached hydrogens (primary N) is 1. The Hall–Kier alpha value is -1.95. The summed E-state index contributed by atoms with van der Waals surface area (Å²) < 4.78 is 26.9. The summed E-state index contributed by atoms with van der Waals surface area (Å²) in [6, 6.07) is 3.16. The van der Waals surface area contributed by atoms with Crippen molar-refractivity contribution in [3.8, 4) is 0 Å². The maximum Gasteiger partial charge on any atom is 0.251 e. The summed E-state index contributed by atoms with van der Waals surface area (Å²) >= 11 is 2.64. The zero-order valence-electron chi connectivity index (χ0n) is 17.6. The molecule has 1 aliphatic heterocycles. The Morgan fingerprint density at radius 2 is 1.88 bits per heavy atom. The molecule has 2 aliphatic rings. The van der Waals surface area contributed by atoms with E-state index in [4.69, 9.17) is 5.73 Å². The first-order chi connectivity index (χ1) is 15.4. The van der Waals surface area contributed by atoms with Gasteiger partial charge in [-0.05, 0) is 56.2 Å². The van der Waals surface area contributed by atoms with Gasteiger partial charge in [-0.25, -0.2) is 13.4 Å². The summed E-state index contributed by atoms with van der Waals surface area (Å²) in [5.41, 5.74) is 6.99. The Balaban J connectivity index is 1.38. The molecule has 0 radical (unpaired) electrons. The Morgan fingerprint density at radius 1 is 1.12 bits per heavy atom. The molecule has 8 nitrogen and oxygen atoms in total. The van der Waals surface area contributed by atoms with Crippen LogP contribution in [0.2, 0.25) is 0 Å². The quantitative estimate of drug-likeness (QED) is 0.571. The summed E-state index contributed by atoms with van der Waals surface area (Å²) in [5, 5.41) is 3.90. The molecule has 0 bridgehead atoms. The van der Waals surface area contributed by atoms with Gasteiger partial charge in [0.1, 0.15) is 9.90 Å². The summed E-state index contributed by atoms with van der Waals surface area (Å²) in [5.74, 6) is -0.686. The number of aromatic nitrogens is 1. The molecule has 1 saturated heterocycles. The molecule has 32 heavy (non-hydrogen) atoms. The lowest BCUT2D eigenvalue weighted by molar-refractivity contribution is -0.113. The highest BCUT2D eigenvalue weighted by atomic mass is 32.2. The van der Waals surface area contributed by atoms with Crippen molar-refractivity contribution in [2.75, 3.05) is 24.2 Å². The van der Waals surface area contributed by atoms with Gasteiger partial charge in [0.15, 0.2) is 0 Å². The van der Waals surface area contributed by atoms with Crippen LogP contribution in [0.5, 0.6) is 0 Å². The number of thiophene rings is 1. The number of carbonyl (C=O) groups is 2. The minimum absolute atomic E-state index is 0.0893. The predicted molar refractivity (Wildman–Crippen MR) is 126 cm³/mol. The monoisotopic (exact) mass is 494 g/mol. The van der Waals surface area contributed by atoms with Crippen LogP contribution in [0.4, 0.5) is 5.00 Å². The van der Waals surface area contributed by atoms with Gasteiger partial charge in [0.2, 0.25) is 15.9 Å². The highest BCUT2D eigenvalue weighted by Gasteiger charge is 2.27. The van der Waals surface area contributed by atoms with Gasteiger partial charge in [0, 0.05) is 24.2 Å². The molecule has 2 aromatic rings. The lowest BCUT2D eigenvalue weighted by Crippen LogP contribution is -2.35. The van der Waals surface area contributed by atoms with Gasteiger partial charge in [-0.1, -0.05) is 18.2 Å². The lowest BCUT2D eigenvalue weighted by Gasteiger charge is -2.25. The van der Waals surface area contributed by atoms with Crippen molar-refractivity contribution in [1.29, 1.82) is 0 Å². The normalized spacial score (nSPS) is 17.0. The summed E-state index contributed by atoms with van der Waals surface area (Å²) in [7, 11) is -3.53. The van der Waals surface area contributed by atoms with E-state index in [1.807, 2.05) is 0 Å². The highest BCUT2D eigenvalue weighted by molar-refractivity contribution is 7.99. The van der Waals surface area contributed by atoms with E-state index in [1.54, 1.807) is 6.07 Å². The number of nitrogens with one attached hydrogen (secondary N) is 1. The number of amides is 2. The van der Waals surface area contributed by atoms with Gasteiger partial charge in [0.05, 0.1) is 16.3 Å². The lowest BCUT2D eigenvalue weighted by atomic mass is 9.95. The Kier molecular flexibility index (Phi) is 7.18. The summed E-state index contributed by atoms with van der Waals surface area (Å²) in [6.07, 6.45) is 7.96. The van der Waals surface area contributed by atoms with Gasteiger partial charge >= 0.3 is 0 Å². The first kappa shape index (κ1) is 23.2. The van der Waals surface area contributed by atoms with Crippen LogP contribution in [-0.4, -0.2) is 48.4 Å². The van der Waals surface area contributed by atoms with Gasteiger partial charge in [-0.2, -0.15) is 4.31 Å². The van der Waals surface area contributed by atoms with Gasteiger partial charge in [-0.15, -0.1) is 11.3 Å². The molecule has 2 aromatic heterocycles. The van der Waals surface area contributed by atoms with Crippen molar-refractivity contribution < 1.29 is 18.0 Å². The summed E-state index contributed by atoms with van der Waals surface area (Å²) in [4.78, 5) is 30.0. The topological polar surface area (TPSA) is 122 Å². The smallest absolute Gasteiger partial charge is 0.251 e. The third kappa shape index (κ3) is 5.00. The van der Waals surface area contributed by atoms with E-state index in [9.17, 15) is 18.0 Å². The molecule has 2 amide bonds. The fourth-order valence-corrected chi connectivity index (χ4v) is 7.49. The second kappa shape index (κ2) is 9.90. The van der Waals surface area contributed by atoms with Crippen LogP contribution in [0.1, 0.15) is 52.9 Å². The highest BCUT2D eigenvalue weighted by Crippen LogP contribution is 2.38. The number of pyridine rings is 1. The molecule has 0 atom stereocenters. The number of primary amides is 1. The molecule has 0 unspecified atom stereocenters. The number of rotatable bonds is 7. The van der Waals surface area contributed by atoms with Crippen molar-refractivity contribution in [1.82, 2.24) is 9.29 Å². The molecule has 1 fully saturated rings. The Bertz CT molecular complexity index is 1110. The molecule has 3 heterocycles. The van der Waals surface area contributed by atoms with E-state index in [0.717, 1.165) is 55.4 Å². The van der Waals surface area contributed by atoms with Crippen LogP contribution in [0.25, 0.3) is 0 Å². The van der Waals surface area contributed by atoms with Crippen molar-refractivity contribution in [2.24, 2.45) is 5.73 Å². The van der Waals surface area contributed by atoms with Crippen molar-refractivity contribution in [2.45, 2.75) is 54.9 Å². The minimum Gasteiger partial charge on any atom is -0.365 e. The van der Waals surface area contributed by atoms with E-state index in [-0.39, 0.29) is 16.6 Å². The number of aryl methyl sites for hydroxylation is 1. The van der Waals surface area contributed by atoms with E-state index in [0.29, 0.717) is 28.7 Å². The number of fused-ring (bicyclic) bond motifs is 1. The predicted octanol–water partition coefficient (Wildman–Crippen LogP) is 3.03. The van der Waals surface area contributed by atoms with Crippen LogP contribution < -0.4 is 11.1 Å². The number of sulfonamides is 1. The van der Waals surface area contributed by atoms with Crippen molar-refractivity contribution in [3.63, 3.8) is 0 Å². The second-order valence-electron chi connectivity index (χ2n) is 7.91. The molecule has 0 spiro atoms. The maximum absolute atomic E-state index is 12.7. The maximum atomic E-state index is 12.7. The standard InChI is InChI=1S/C21H26N4O4S3/c22-20(27)19-15-6-2-3-7-16(15)31-21(19)24-17(26)13-30-18-9-8-14(12-23-18)32(28,29)25-10-4-1-5-11-25/h8-9,12H,1-7,10-11,13H2,(H2,22,27)(H,24,26). The zero-order valence-corrected chi connectivity index (χ0v) is 20.1. The van der Waals surface area contributed by atoms with Crippen LogP contribution >= 0.6 is 23.1 Å². The molecular weight excluding hydrogens is 468 g/mol. The minimum atomic E-state index is -3.53. The third-order valence-corrected chi connectivity index (χ3v) is 9.72. The first-order valence-corrected chi connectivity index (χ1v) is 13.9. The first-order valence-electron chi connectivity index (χ1n) is 10.7. The van der Waals surface area contributed by atoms with Gasteiger partial charge in [0.25, 0.3) is 5.91 Å². The average molecular weight is 495 g/mol. The molecular formula is C21H26N4O4S3. The van der Waals surface area contributed by atoms with Gasteiger partial charge in [-0.3, -0.25) is 9.59 Å². The molecule has 172 valence electrons. The van der Waals surface area contributed by atoms with E-state index < -0.39 is 15.9 Å². The fourth-order valence-electron chi connectivity index (χ4n) is 4.08. The number of nitrogens with zero attached hydrogens (tertiary/aromatic N) is 2. The van der Waals surface area contributed by atoms with Crippen LogP contribution in [0.3, 0.4) is 0 Å². The molecule has 4 rings (SSSR count). The third-order valence-electron chi connectivity index (χ3n) is 5.68. The molecule has 3 N–H and O–H groups in total. The second-order valence-corrected chi connectivity index (χ2v) is 12.0. The molecule has 0 aromatic carbocycles. The average Bonchev–Trinajstić information content (AvgIpc) is 3.16. The molecule has 0 saturated carbocycles. The number of hydrogen-bond donors (Lipinski definition) is 2. The molecule has 1 aliphatic carbocycles. The van der Waals surface area contributed by atoms with E-state index >= 15 is 0 Å². The number of piperidine rings is 1. The van der Waals surface area contributed by atoms with Crippen LogP contribution in [0.15, 0.2) is 28.3 Å². The Morgan fingerprint density at radius 3 is 2.56 bits per heavy atom. The number of carbonyl (C=O) groups excluding carboxylic acids is 2. The SMILES string of the molecule is NC(=O)c1c(NC(=O)CSc2ccc(S(=O)(=O)N3CCCCC3)cn2)sc2c1CCCC2. The Labute approximate surface area is 196 Å². The number of thioether (sulfide) groups is 1. The van der Waals surface area contributed by atoms with Crippen molar-refractivity contribution >= 4 is 49.9 Å². The van der Waals surface area contributed by atoms with Crippen molar-refractivity contribution in [3.05, 3.63) is 34.3 Å². The molecule has 11 heteroatoms. The zero-order chi connectivity index (χ0) is 22.7. The van der Waals surface area contributed by atoms with Crippen LogP contribution in [0, 0.1) is 0 Å². The van der Waals surface area contributed by atoms with Crippen LogP contribution in [-0.2, 0) is 27.7 Å². The van der Waals surface area contributed by atoms with E-state index in [2.05, 4.69) is 10.3 Å². The van der Waals surface area contributed by atoms with Gasteiger partial charge < -0.3 is 11.1 Å². The summed E-state index contributed by atoms with van der Waals surface area (Å²) in [6.45, 7) is 1.08. The van der Waals surface area contributed by atoms with E-state index in [1.165, 1.54) is 39.7 Å². The number of hydrogen-bond acceptors (Lipinski definition) is 7. The largest absolute Gasteiger partial charge is 0.365 e. The fraction of sp³-hybridized carbons (Fsp3) is 0.476.